The van der Waals surface area contributed by atoms with E-state index in [4.69, 9.17) is 0 Å². The van der Waals surface area contributed by atoms with Gasteiger partial charge in [-0.1, -0.05) is 23.5 Å². The number of aliphatic hydroxyl groups excluding tert-OH is 1. The molecule has 40 heavy (non-hydrogen) atoms. The van der Waals surface area contributed by atoms with Crippen molar-refractivity contribution >= 4 is 26.5 Å². The predicted octanol–water partition coefficient (Wildman–Crippen LogP) is 2.66. The van der Waals surface area contributed by atoms with Crippen LogP contribution in [-0.2, 0) is 10.0 Å². The van der Waals surface area contributed by atoms with Gasteiger partial charge >= 0.3 is 0 Å². The maximum Gasteiger partial charge on any atom is 0.254 e. The molecule has 10 nitrogen and oxygen atoms in total. The van der Waals surface area contributed by atoms with Gasteiger partial charge in [0.1, 0.15) is 5.82 Å². The standard InChI is InChI=1S/C27H38FN7O3S2/c1-21(22-5-7-23(28)8-6-22)35-20-29-18-25(35)24(4-3-17-36)32-13-15-34(16-14-32)40(37,38)26-19-30-27(39-26)33-11-9-31(2)10-12-33/h5-8,18-21,24,36H,3-4,9-17H2,1-2H3/t21-,24?/m1/s1. The second kappa shape index (κ2) is 12.6. The van der Waals surface area contributed by atoms with Crippen LogP contribution in [0.25, 0.3) is 0 Å². The Morgan fingerprint density at radius 2 is 1.73 bits per heavy atom. The van der Waals surface area contributed by atoms with Gasteiger partial charge < -0.3 is 19.5 Å². The number of likely N-dealkylation sites (N-methyl/N-ethyl adjacent to an activating group) is 1. The van der Waals surface area contributed by atoms with Gasteiger partial charge in [0.05, 0.1) is 30.3 Å². The van der Waals surface area contributed by atoms with Gasteiger partial charge in [-0.3, -0.25) is 4.90 Å². The molecule has 2 aliphatic heterocycles. The maximum atomic E-state index is 13.5. The number of benzene rings is 1. The van der Waals surface area contributed by atoms with Crippen LogP contribution >= 0.6 is 11.3 Å². The van der Waals surface area contributed by atoms with E-state index in [0.29, 0.717) is 39.0 Å². The summed E-state index contributed by atoms with van der Waals surface area (Å²) >= 11 is 1.25. The first-order valence-electron chi connectivity index (χ1n) is 13.8. The number of rotatable bonds is 10. The van der Waals surface area contributed by atoms with Crippen LogP contribution in [0.5, 0.6) is 0 Å². The van der Waals surface area contributed by atoms with Crippen molar-refractivity contribution in [3.8, 4) is 0 Å². The van der Waals surface area contributed by atoms with Crippen molar-refractivity contribution in [1.82, 2.24) is 28.6 Å². The lowest BCUT2D eigenvalue weighted by molar-refractivity contribution is 0.119. The molecule has 1 unspecified atom stereocenters. The van der Waals surface area contributed by atoms with E-state index in [1.807, 2.05) is 6.20 Å². The SMILES string of the molecule is C[C@H](c1ccc(F)cc1)n1cncc1C(CCCO)N1CCN(S(=O)(=O)c2cnc(N3CCN(C)CC3)s2)CC1. The molecule has 3 aromatic rings. The molecular formula is C27H38FN7O3S2. The summed E-state index contributed by atoms with van der Waals surface area (Å²) in [4.78, 5) is 15.6. The third-order valence-corrected chi connectivity index (χ3v) is 11.4. The highest BCUT2D eigenvalue weighted by Crippen LogP contribution is 2.33. The Kier molecular flexibility index (Phi) is 9.18. The van der Waals surface area contributed by atoms with Crippen molar-refractivity contribution in [1.29, 1.82) is 0 Å². The van der Waals surface area contributed by atoms with E-state index in [0.717, 1.165) is 42.6 Å². The summed E-state index contributed by atoms with van der Waals surface area (Å²) in [7, 11) is -1.55. The van der Waals surface area contributed by atoms with Crippen LogP contribution in [0.3, 0.4) is 0 Å². The Labute approximate surface area is 239 Å². The molecule has 0 aliphatic carbocycles. The lowest BCUT2D eigenvalue weighted by Crippen LogP contribution is -2.49. The van der Waals surface area contributed by atoms with Gasteiger partial charge in [0, 0.05) is 65.2 Å². The number of anilines is 1. The highest BCUT2D eigenvalue weighted by atomic mass is 32.2. The first kappa shape index (κ1) is 29.1. The fourth-order valence-corrected chi connectivity index (χ4v) is 8.25. The van der Waals surface area contributed by atoms with Crippen molar-refractivity contribution in [3.63, 3.8) is 0 Å². The number of thiazole rings is 1. The van der Waals surface area contributed by atoms with Gasteiger partial charge in [-0.2, -0.15) is 4.31 Å². The third-order valence-electron chi connectivity index (χ3n) is 8.00. The van der Waals surface area contributed by atoms with Gasteiger partial charge in [0.25, 0.3) is 10.0 Å². The quantitative estimate of drug-likeness (QED) is 0.385. The Morgan fingerprint density at radius 1 is 1.02 bits per heavy atom. The number of aromatic nitrogens is 3. The van der Waals surface area contributed by atoms with Crippen molar-refractivity contribution in [2.75, 3.05) is 70.9 Å². The van der Waals surface area contributed by atoms with Crippen molar-refractivity contribution < 1.29 is 17.9 Å². The van der Waals surface area contributed by atoms with Gasteiger partial charge in [-0.15, -0.1) is 0 Å². The summed E-state index contributed by atoms with van der Waals surface area (Å²) in [5.41, 5.74) is 1.97. The molecule has 0 spiro atoms. The highest BCUT2D eigenvalue weighted by molar-refractivity contribution is 7.91. The Hall–Kier alpha value is -2.42. The van der Waals surface area contributed by atoms with Crippen LogP contribution in [0.15, 0.2) is 47.2 Å². The van der Waals surface area contributed by atoms with Crippen molar-refractivity contribution in [2.45, 2.75) is 36.1 Å². The summed E-state index contributed by atoms with van der Waals surface area (Å²) in [6.45, 7) is 7.56. The van der Waals surface area contributed by atoms with E-state index < -0.39 is 10.0 Å². The molecule has 1 N–H and O–H groups in total. The molecule has 218 valence electrons. The fourth-order valence-electron chi connectivity index (χ4n) is 5.50. The normalized spacial score (nSPS) is 19.6. The van der Waals surface area contributed by atoms with E-state index in [2.05, 4.69) is 43.2 Å². The largest absolute Gasteiger partial charge is 0.396 e. The fraction of sp³-hybridized carbons (Fsp3) is 0.556. The van der Waals surface area contributed by atoms with E-state index in [-0.39, 0.29) is 28.7 Å². The molecule has 2 atom stereocenters. The van der Waals surface area contributed by atoms with Crippen molar-refractivity contribution in [2.24, 2.45) is 0 Å². The zero-order valence-corrected chi connectivity index (χ0v) is 24.7. The van der Waals surface area contributed by atoms with Crippen LogP contribution < -0.4 is 4.90 Å². The molecule has 13 heteroatoms. The second-order valence-corrected chi connectivity index (χ2v) is 13.7. The van der Waals surface area contributed by atoms with E-state index in [1.54, 1.807) is 22.8 Å². The lowest BCUT2D eigenvalue weighted by Gasteiger charge is -2.39. The molecule has 2 aromatic heterocycles. The highest BCUT2D eigenvalue weighted by Gasteiger charge is 2.34. The zero-order valence-electron chi connectivity index (χ0n) is 23.1. The lowest BCUT2D eigenvalue weighted by atomic mass is 10.0. The molecule has 1 aromatic carbocycles. The van der Waals surface area contributed by atoms with Gasteiger partial charge in [-0.25, -0.2) is 22.8 Å². The van der Waals surface area contributed by atoms with Crippen molar-refractivity contribution in [3.05, 3.63) is 60.1 Å². The monoisotopic (exact) mass is 591 g/mol. The molecule has 0 saturated carbocycles. The summed E-state index contributed by atoms with van der Waals surface area (Å²) in [6, 6.07) is 6.40. The van der Waals surface area contributed by atoms with E-state index in [1.165, 1.54) is 29.7 Å². The smallest absolute Gasteiger partial charge is 0.254 e. The number of sulfonamides is 1. The Balaban J connectivity index is 1.28. The number of hydrogen-bond donors (Lipinski definition) is 1. The van der Waals surface area contributed by atoms with Crippen LogP contribution in [-0.4, -0.2) is 108 Å². The summed E-state index contributed by atoms with van der Waals surface area (Å²) in [5.74, 6) is -0.274. The molecule has 0 bridgehead atoms. The number of imidazole rings is 1. The molecule has 2 fully saturated rings. The molecule has 0 amide bonds. The predicted molar refractivity (Wildman–Crippen MR) is 154 cm³/mol. The number of piperazine rings is 2. The van der Waals surface area contributed by atoms with Crippen LogP contribution in [0.2, 0.25) is 0 Å². The number of hydrogen-bond acceptors (Lipinski definition) is 9. The molecular weight excluding hydrogens is 553 g/mol. The molecule has 4 heterocycles. The van der Waals surface area contributed by atoms with E-state index in [9.17, 15) is 17.9 Å². The van der Waals surface area contributed by atoms with Crippen LogP contribution in [0.4, 0.5) is 9.52 Å². The summed E-state index contributed by atoms with van der Waals surface area (Å²) in [6.07, 6.45) is 6.48. The van der Waals surface area contributed by atoms with E-state index >= 15 is 0 Å². The summed E-state index contributed by atoms with van der Waals surface area (Å²) in [5, 5.41) is 10.4. The number of aliphatic hydroxyl groups is 1. The average Bonchev–Trinajstić information content (AvgIpc) is 3.65. The zero-order chi connectivity index (χ0) is 28.3. The van der Waals surface area contributed by atoms with Crippen LogP contribution in [0, 0.1) is 5.82 Å². The topological polar surface area (TPSA) is 98.0 Å². The molecule has 2 saturated heterocycles. The first-order chi connectivity index (χ1) is 19.3. The molecule has 0 radical (unpaired) electrons. The minimum Gasteiger partial charge on any atom is -0.396 e. The third kappa shape index (κ3) is 6.24. The average molecular weight is 592 g/mol. The summed E-state index contributed by atoms with van der Waals surface area (Å²) < 4.78 is 44.5. The second-order valence-electron chi connectivity index (χ2n) is 10.5. The van der Waals surface area contributed by atoms with Crippen LogP contribution in [0.1, 0.15) is 43.1 Å². The maximum absolute atomic E-state index is 13.5. The molecule has 2 aliphatic rings. The molecule has 5 rings (SSSR count). The van der Waals surface area contributed by atoms with Gasteiger partial charge in [0.2, 0.25) is 0 Å². The minimum absolute atomic E-state index is 0.0327. The Morgan fingerprint density at radius 3 is 2.40 bits per heavy atom. The number of nitrogens with zero attached hydrogens (tertiary/aromatic N) is 7. The Bertz CT molecular complexity index is 1350. The minimum atomic E-state index is -3.63. The number of halogens is 1. The van der Waals surface area contributed by atoms with Gasteiger partial charge in [0.15, 0.2) is 9.34 Å². The van der Waals surface area contributed by atoms with Gasteiger partial charge in [-0.05, 0) is 44.5 Å². The first-order valence-corrected chi connectivity index (χ1v) is 16.0.